The second-order valence-corrected chi connectivity index (χ2v) is 4.69. The van der Waals surface area contributed by atoms with Crippen molar-refractivity contribution in [2.45, 2.75) is 6.92 Å². The van der Waals surface area contributed by atoms with Crippen molar-refractivity contribution in [3.05, 3.63) is 60.0 Å². The SMILES string of the molecule is Cc1c(Nc2ccc3ccccc3c2)ncnc1C(=O)O. The molecule has 3 rings (SSSR count). The summed E-state index contributed by atoms with van der Waals surface area (Å²) in [6.45, 7) is 1.69. The van der Waals surface area contributed by atoms with E-state index in [1.807, 2.05) is 42.5 Å². The third-order valence-electron chi connectivity index (χ3n) is 3.30. The van der Waals surface area contributed by atoms with Gasteiger partial charge in [-0.25, -0.2) is 14.8 Å². The second-order valence-electron chi connectivity index (χ2n) is 4.69. The first kappa shape index (κ1) is 13.1. The highest BCUT2D eigenvalue weighted by atomic mass is 16.4. The van der Waals surface area contributed by atoms with Gasteiger partial charge in [0.15, 0.2) is 5.69 Å². The summed E-state index contributed by atoms with van der Waals surface area (Å²) in [4.78, 5) is 19.0. The average Bonchev–Trinajstić information content (AvgIpc) is 2.49. The molecule has 0 amide bonds. The predicted octanol–water partition coefficient (Wildman–Crippen LogP) is 3.38. The van der Waals surface area contributed by atoms with Crippen LogP contribution in [0.5, 0.6) is 0 Å². The van der Waals surface area contributed by atoms with Crippen LogP contribution in [0.4, 0.5) is 11.5 Å². The fourth-order valence-corrected chi connectivity index (χ4v) is 2.20. The summed E-state index contributed by atoms with van der Waals surface area (Å²) in [6.07, 6.45) is 1.25. The van der Waals surface area contributed by atoms with Crippen LogP contribution in [0.1, 0.15) is 16.1 Å². The minimum Gasteiger partial charge on any atom is -0.476 e. The summed E-state index contributed by atoms with van der Waals surface area (Å²) in [5.41, 5.74) is 1.37. The molecule has 0 unspecified atom stereocenters. The van der Waals surface area contributed by atoms with Crippen molar-refractivity contribution in [2.75, 3.05) is 5.32 Å². The molecule has 2 aromatic carbocycles. The van der Waals surface area contributed by atoms with Crippen molar-refractivity contribution in [1.29, 1.82) is 0 Å². The van der Waals surface area contributed by atoms with Crippen LogP contribution < -0.4 is 5.32 Å². The van der Waals surface area contributed by atoms with Crippen LogP contribution >= 0.6 is 0 Å². The van der Waals surface area contributed by atoms with Gasteiger partial charge in [0, 0.05) is 11.3 Å². The van der Waals surface area contributed by atoms with E-state index >= 15 is 0 Å². The number of hydrogen-bond acceptors (Lipinski definition) is 4. The van der Waals surface area contributed by atoms with Gasteiger partial charge in [0.1, 0.15) is 12.1 Å². The topological polar surface area (TPSA) is 75.1 Å². The first-order valence-corrected chi connectivity index (χ1v) is 6.46. The summed E-state index contributed by atoms with van der Waals surface area (Å²) in [5, 5.41) is 14.5. The Bertz CT molecular complexity index is 831. The Kier molecular flexibility index (Phi) is 3.23. The first-order valence-electron chi connectivity index (χ1n) is 6.46. The molecule has 0 fully saturated rings. The molecule has 0 saturated carbocycles. The summed E-state index contributed by atoms with van der Waals surface area (Å²) < 4.78 is 0. The van der Waals surface area contributed by atoms with Crippen molar-refractivity contribution < 1.29 is 9.90 Å². The van der Waals surface area contributed by atoms with Crippen molar-refractivity contribution in [1.82, 2.24) is 9.97 Å². The normalized spacial score (nSPS) is 10.5. The molecule has 0 radical (unpaired) electrons. The number of anilines is 2. The van der Waals surface area contributed by atoms with Crippen LogP contribution in [0.3, 0.4) is 0 Å². The highest BCUT2D eigenvalue weighted by Gasteiger charge is 2.13. The molecular weight excluding hydrogens is 266 g/mol. The average molecular weight is 279 g/mol. The zero-order chi connectivity index (χ0) is 14.8. The van der Waals surface area contributed by atoms with E-state index in [0.29, 0.717) is 11.4 Å². The van der Waals surface area contributed by atoms with E-state index in [0.717, 1.165) is 16.5 Å². The van der Waals surface area contributed by atoms with Gasteiger partial charge in [-0.2, -0.15) is 0 Å². The molecule has 3 aromatic rings. The number of benzene rings is 2. The minimum absolute atomic E-state index is 0.00768. The Morgan fingerprint density at radius 1 is 1.10 bits per heavy atom. The van der Waals surface area contributed by atoms with E-state index < -0.39 is 5.97 Å². The molecule has 0 spiro atoms. The molecule has 0 aliphatic rings. The minimum atomic E-state index is -1.06. The summed E-state index contributed by atoms with van der Waals surface area (Å²) in [7, 11) is 0. The molecule has 104 valence electrons. The molecule has 0 saturated heterocycles. The Balaban J connectivity index is 1.98. The Morgan fingerprint density at radius 3 is 2.62 bits per heavy atom. The van der Waals surface area contributed by atoms with Crippen LogP contribution in [0.15, 0.2) is 48.8 Å². The number of nitrogens with zero attached hydrogens (tertiary/aromatic N) is 2. The van der Waals surface area contributed by atoms with E-state index in [-0.39, 0.29) is 5.69 Å². The zero-order valence-corrected chi connectivity index (χ0v) is 11.4. The Hall–Kier alpha value is -2.95. The molecule has 21 heavy (non-hydrogen) atoms. The lowest BCUT2D eigenvalue weighted by Crippen LogP contribution is -2.07. The lowest BCUT2D eigenvalue weighted by atomic mass is 10.1. The Labute approximate surface area is 121 Å². The molecule has 0 bridgehead atoms. The molecular formula is C16H13N3O2. The maximum absolute atomic E-state index is 11.1. The van der Waals surface area contributed by atoms with E-state index in [9.17, 15) is 4.79 Å². The van der Waals surface area contributed by atoms with Gasteiger partial charge < -0.3 is 10.4 Å². The summed E-state index contributed by atoms with van der Waals surface area (Å²) in [6, 6.07) is 14.0. The Morgan fingerprint density at radius 2 is 1.86 bits per heavy atom. The molecule has 5 heteroatoms. The van der Waals surface area contributed by atoms with Crippen molar-refractivity contribution >= 4 is 28.2 Å². The van der Waals surface area contributed by atoms with Crippen molar-refractivity contribution in [3.8, 4) is 0 Å². The molecule has 2 N–H and O–H groups in total. The summed E-state index contributed by atoms with van der Waals surface area (Å²) in [5.74, 6) is -0.561. The van der Waals surface area contributed by atoms with Gasteiger partial charge in [0.2, 0.25) is 0 Å². The molecule has 0 atom stereocenters. The van der Waals surface area contributed by atoms with Gasteiger partial charge in [-0.15, -0.1) is 0 Å². The van der Waals surface area contributed by atoms with Gasteiger partial charge in [0.25, 0.3) is 0 Å². The van der Waals surface area contributed by atoms with Gasteiger partial charge >= 0.3 is 5.97 Å². The molecule has 0 aliphatic carbocycles. The van der Waals surface area contributed by atoms with Crippen LogP contribution in [0.2, 0.25) is 0 Å². The molecule has 5 nitrogen and oxygen atoms in total. The number of hydrogen-bond donors (Lipinski definition) is 2. The predicted molar refractivity (Wildman–Crippen MR) is 81.0 cm³/mol. The van der Waals surface area contributed by atoms with Crippen LogP contribution in [-0.2, 0) is 0 Å². The maximum atomic E-state index is 11.1. The zero-order valence-electron chi connectivity index (χ0n) is 11.4. The highest BCUT2D eigenvalue weighted by Crippen LogP contribution is 2.23. The third-order valence-corrected chi connectivity index (χ3v) is 3.30. The quantitative estimate of drug-likeness (QED) is 0.768. The number of aromatic carboxylic acids is 1. The van der Waals surface area contributed by atoms with Crippen LogP contribution in [0.25, 0.3) is 10.8 Å². The molecule has 0 aliphatic heterocycles. The van der Waals surface area contributed by atoms with Crippen LogP contribution in [0, 0.1) is 6.92 Å². The van der Waals surface area contributed by atoms with Gasteiger partial charge in [-0.1, -0.05) is 30.3 Å². The fraction of sp³-hybridized carbons (Fsp3) is 0.0625. The number of nitrogens with one attached hydrogen (secondary N) is 1. The van der Waals surface area contributed by atoms with E-state index in [1.54, 1.807) is 6.92 Å². The lowest BCUT2D eigenvalue weighted by Gasteiger charge is -2.10. The number of fused-ring (bicyclic) bond motifs is 1. The fourth-order valence-electron chi connectivity index (χ4n) is 2.20. The monoisotopic (exact) mass is 279 g/mol. The largest absolute Gasteiger partial charge is 0.476 e. The van der Waals surface area contributed by atoms with Crippen LogP contribution in [-0.4, -0.2) is 21.0 Å². The molecule has 1 heterocycles. The standard InChI is InChI=1S/C16H13N3O2/c1-10-14(16(20)21)17-9-18-15(10)19-13-7-6-11-4-2-3-5-12(11)8-13/h2-9H,1H3,(H,20,21)(H,17,18,19). The number of aromatic nitrogens is 2. The van der Waals surface area contributed by atoms with Gasteiger partial charge in [0.05, 0.1) is 0 Å². The highest BCUT2D eigenvalue weighted by molar-refractivity contribution is 5.89. The number of carboxylic acid groups (broad SMARTS) is 1. The van der Waals surface area contributed by atoms with E-state index in [2.05, 4.69) is 15.3 Å². The van der Waals surface area contributed by atoms with Gasteiger partial charge in [-0.05, 0) is 29.8 Å². The van der Waals surface area contributed by atoms with Crippen molar-refractivity contribution in [3.63, 3.8) is 0 Å². The lowest BCUT2D eigenvalue weighted by molar-refractivity contribution is 0.0689. The maximum Gasteiger partial charge on any atom is 0.354 e. The third kappa shape index (κ3) is 2.53. The first-order chi connectivity index (χ1) is 10.1. The van der Waals surface area contributed by atoms with Crippen molar-refractivity contribution in [2.24, 2.45) is 0 Å². The van der Waals surface area contributed by atoms with E-state index in [4.69, 9.17) is 5.11 Å². The smallest absolute Gasteiger partial charge is 0.354 e. The van der Waals surface area contributed by atoms with Gasteiger partial charge in [-0.3, -0.25) is 0 Å². The number of carbonyl (C=O) groups is 1. The number of carboxylic acids is 1. The summed E-state index contributed by atoms with van der Waals surface area (Å²) >= 11 is 0. The van der Waals surface area contributed by atoms with E-state index in [1.165, 1.54) is 6.33 Å². The number of rotatable bonds is 3. The molecule has 1 aromatic heterocycles. The second kappa shape index (κ2) is 5.20.